The van der Waals surface area contributed by atoms with E-state index in [4.69, 9.17) is 27.9 Å². The van der Waals surface area contributed by atoms with E-state index >= 15 is 0 Å². The van der Waals surface area contributed by atoms with Crippen LogP contribution in [0.15, 0.2) is 23.1 Å². The van der Waals surface area contributed by atoms with Gasteiger partial charge in [0.1, 0.15) is 4.90 Å². The van der Waals surface area contributed by atoms with E-state index in [9.17, 15) is 8.42 Å². The zero-order valence-electron chi connectivity index (χ0n) is 11.4. The van der Waals surface area contributed by atoms with Gasteiger partial charge in [-0.3, -0.25) is 0 Å². The number of hydrogen-bond acceptors (Lipinski definition) is 3. The van der Waals surface area contributed by atoms with Crippen LogP contribution >= 0.6 is 23.2 Å². The molecule has 4 nitrogen and oxygen atoms in total. The molecule has 0 aromatic heterocycles. The third-order valence-corrected chi connectivity index (χ3v) is 6.83. The molecule has 1 aliphatic carbocycles. The van der Waals surface area contributed by atoms with Crippen LogP contribution in [0.25, 0.3) is 0 Å². The second-order valence-corrected chi connectivity index (χ2v) is 8.29. The highest BCUT2D eigenvalue weighted by Gasteiger charge is 2.49. The Balaban J connectivity index is 1.82. The first-order chi connectivity index (χ1) is 9.93. The fourth-order valence-electron chi connectivity index (χ4n) is 3.19. The van der Waals surface area contributed by atoms with Crippen LogP contribution in [0, 0.1) is 5.41 Å². The minimum Gasteiger partial charge on any atom is -0.381 e. The molecule has 1 aliphatic heterocycles. The van der Waals surface area contributed by atoms with Crippen molar-refractivity contribution in [3.8, 4) is 0 Å². The number of halogens is 2. The molecular formula is C14H17Cl2NO3S. The SMILES string of the molecule is O=S(=O)(NC1CCC12CCOCC2)c1cc(Cl)ccc1Cl. The van der Waals surface area contributed by atoms with Gasteiger partial charge in [-0.2, -0.15) is 0 Å². The smallest absolute Gasteiger partial charge is 0.242 e. The van der Waals surface area contributed by atoms with Crippen molar-refractivity contribution in [2.75, 3.05) is 13.2 Å². The van der Waals surface area contributed by atoms with Crippen molar-refractivity contribution in [1.29, 1.82) is 0 Å². The third kappa shape index (κ3) is 2.94. The minimum atomic E-state index is -3.66. The number of rotatable bonds is 3. The maximum atomic E-state index is 12.5. The second-order valence-electron chi connectivity index (χ2n) is 5.76. The monoisotopic (exact) mass is 349 g/mol. The molecule has 1 spiro atoms. The van der Waals surface area contributed by atoms with Gasteiger partial charge in [0.2, 0.25) is 10.0 Å². The molecule has 2 aliphatic rings. The van der Waals surface area contributed by atoms with Crippen molar-refractivity contribution in [2.24, 2.45) is 5.41 Å². The minimum absolute atomic E-state index is 0.0403. The Hall–Kier alpha value is -0.330. The predicted molar refractivity (Wildman–Crippen MR) is 82.3 cm³/mol. The summed E-state index contributed by atoms with van der Waals surface area (Å²) in [7, 11) is -3.66. The van der Waals surface area contributed by atoms with Crippen molar-refractivity contribution in [3.05, 3.63) is 28.2 Å². The van der Waals surface area contributed by atoms with Crippen LogP contribution in [0.3, 0.4) is 0 Å². The van der Waals surface area contributed by atoms with Gasteiger partial charge in [-0.25, -0.2) is 13.1 Å². The molecule has 0 amide bonds. The van der Waals surface area contributed by atoms with Gasteiger partial charge in [0, 0.05) is 24.3 Å². The Bertz CT molecular complexity index is 642. The first-order valence-corrected chi connectivity index (χ1v) is 9.22. The highest BCUT2D eigenvalue weighted by molar-refractivity contribution is 7.89. The zero-order valence-corrected chi connectivity index (χ0v) is 13.8. The number of ether oxygens (including phenoxy) is 1. The summed E-state index contributed by atoms with van der Waals surface area (Å²) >= 11 is 11.9. The standard InChI is InChI=1S/C14H17Cl2NO3S/c15-10-1-2-11(16)12(9-10)21(18,19)17-13-3-4-14(13)5-7-20-8-6-14/h1-2,9,13,17H,3-8H2. The molecule has 3 rings (SSSR count). The van der Waals surface area contributed by atoms with Gasteiger partial charge < -0.3 is 4.74 Å². The lowest BCUT2D eigenvalue weighted by Gasteiger charge is -2.51. The number of sulfonamides is 1. The fraction of sp³-hybridized carbons (Fsp3) is 0.571. The summed E-state index contributed by atoms with van der Waals surface area (Å²) in [6.45, 7) is 1.41. The summed E-state index contributed by atoms with van der Waals surface area (Å²) in [5.74, 6) is 0. The van der Waals surface area contributed by atoms with Crippen LogP contribution in [0.5, 0.6) is 0 Å². The number of benzene rings is 1. The Morgan fingerprint density at radius 1 is 1.19 bits per heavy atom. The maximum absolute atomic E-state index is 12.5. The number of nitrogens with one attached hydrogen (secondary N) is 1. The molecule has 0 radical (unpaired) electrons. The van der Waals surface area contributed by atoms with Crippen LogP contribution in [0.4, 0.5) is 0 Å². The largest absolute Gasteiger partial charge is 0.381 e. The molecule has 1 saturated heterocycles. The molecule has 1 N–H and O–H groups in total. The van der Waals surface area contributed by atoms with Gasteiger partial charge >= 0.3 is 0 Å². The Morgan fingerprint density at radius 3 is 2.52 bits per heavy atom. The van der Waals surface area contributed by atoms with Gasteiger partial charge in [-0.1, -0.05) is 23.2 Å². The summed E-state index contributed by atoms with van der Waals surface area (Å²) in [4.78, 5) is 0.0470. The Morgan fingerprint density at radius 2 is 1.90 bits per heavy atom. The molecule has 1 saturated carbocycles. The maximum Gasteiger partial charge on any atom is 0.242 e. The first-order valence-electron chi connectivity index (χ1n) is 6.98. The van der Waals surface area contributed by atoms with Gasteiger partial charge in [-0.15, -0.1) is 0 Å². The van der Waals surface area contributed by atoms with Crippen LogP contribution in [-0.2, 0) is 14.8 Å². The second kappa shape index (κ2) is 5.70. The average Bonchev–Trinajstić information content (AvgIpc) is 2.47. The van der Waals surface area contributed by atoms with E-state index in [1.165, 1.54) is 12.1 Å². The molecule has 1 aromatic rings. The van der Waals surface area contributed by atoms with Crippen LogP contribution in [-0.4, -0.2) is 27.7 Å². The van der Waals surface area contributed by atoms with Crippen molar-refractivity contribution in [1.82, 2.24) is 4.72 Å². The van der Waals surface area contributed by atoms with Gasteiger partial charge in [0.25, 0.3) is 0 Å². The lowest BCUT2D eigenvalue weighted by molar-refractivity contribution is -0.0483. The van der Waals surface area contributed by atoms with Gasteiger partial charge in [0.15, 0.2) is 0 Å². The molecule has 1 aromatic carbocycles. The molecular weight excluding hydrogens is 333 g/mol. The number of hydrogen-bond donors (Lipinski definition) is 1. The van der Waals surface area contributed by atoms with E-state index in [1.54, 1.807) is 6.07 Å². The van der Waals surface area contributed by atoms with E-state index in [1.807, 2.05) is 0 Å². The molecule has 21 heavy (non-hydrogen) atoms. The average molecular weight is 350 g/mol. The molecule has 1 heterocycles. The van der Waals surface area contributed by atoms with Crippen molar-refractivity contribution < 1.29 is 13.2 Å². The molecule has 1 unspecified atom stereocenters. The van der Waals surface area contributed by atoms with E-state index in [-0.39, 0.29) is 21.4 Å². The topological polar surface area (TPSA) is 55.4 Å². The fourth-order valence-corrected chi connectivity index (χ4v) is 5.33. The molecule has 1 atom stereocenters. The lowest BCUT2D eigenvalue weighted by Crippen LogP contribution is -2.57. The summed E-state index contributed by atoms with van der Waals surface area (Å²) in [6, 6.07) is 4.43. The van der Waals surface area contributed by atoms with E-state index in [0.717, 1.165) is 25.7 Å². The van der Waals surface area contributed by atoms with Gasteiger partial charge in [-0.05, 0) is 49.3 Å². The summed E-state index contributed by atoms with van der Waals surface area (Å²) in [5.41, 5.74) is 0.0520. The quantitative estimate of drug-likeness (QED) is 0.911. The van der Waals surface area contributed by atoms with Crippen molar-refractivity contribution in [2.45, 2.75) is 36.6 Å². The van der Waals surface area contributed by atoms with Crippen LogP contribution < -0.4 is 4.72 Å². The van der Waals surface area contributed by atoms with Crippen molar-refractivity contribution >= 4 is 33.2 Å². The zero-order chi connectivity index (χ0) is 15.1. The molecule has 2 fully saturated rings. The normalized spacial score (nSPS) is 24.8. The Labute approximate surface area is 134 Å². The summed E-state index contributed by atoms with van der Waals surface area (Å²) in [6.07, 6.45) is 3.72. The summed E-state index contributed by atoms with van der Waals surface area (Å²) in [5, 5.41) is 0.543. The van der Waals surface area contributed by atoms with E-state index < -0.39 is 10.0 Å². The van der Waals surface area contributed by atoms with Gasteiger partial charge in [0.05, 0.1) is 5.02 Å². The Kier molecular flexibility index (Phi) is 4.23. The third-order valence-electron chi connectivity index (χ3n) is 4.64. The van der Waals surface area contributed by atoms with Crippen LogP contribution in [0.1, 0.15) is 25.7 Å². The summed E-state index contributed by atoms with van der Waals surface area (Å²) < 4.78 is 33.3. The van der Waals surface area contributed by atoms with E-state index in [2.05, 4.69) is 4.72 Å². The molecule has 0 bridgehead atoms. The highest BCUT2D eigenvalue weighted by Crippen LogP contribution is 2.49. The van der Waals surface area contributed by atoms with Crippen molar-refractivity contribution in [3.63, 3.8) is 0 Å². The highest BCUT2D eigenvalue weighted by atomic mass is 35.5. The first kappa shape index (κ1) is 15.6. The molecule has 116 valence electrons. The van der Waals surface area contributed by atoms with E-state index in [0.29, 0.717) is 18.2 Å². The van der Waals surface area contributed by atoms with Crippen LogP contribution in [0.2, 0.25) is 10.0 Å². The predicted octanol–water partition coefficient (Wildman–Crippen LogP) is 3.23. The molecule has 7 heteroatoms. The lowest BCUT2D eigenvalue weighted by atomic mass is 9.60.